The van der Waals surface area contributed by atoms with Crippen LogP contribution >= 0.6 is 11.6 Å². The first-order chi connectivity index (χ1) is 14.7. The number of halogens is 1. The number of benzene rings is 2. The Kier molecular flexibility index (Phi) is 7.36. The number of fused-ring (bicyclic) bond motifs is 1. The minimum atomic E-state index is -0.263. The molecule has 2 aromatic carbocycles. The number of H-pyrrole nitrogens is 1. The van der Waals surface area contributed by atoms with Gasteiger partial charge in [-0.05, 0) is 81.7 Å². The van der Waals surface area contributed by atoms with Gasteiger partial charge in [0.05, 0.1) is 12.1 Å². The third-order valence-corrected chi connectivity index (χ3v) is 5.62. The Bertz CT molecular complexity index is 1140. The van der Waals surface area contributed by atoms with Crippen LogP contribution in [0.1, 0.15) is 23.1 Å². The molecule has 0 atom stereocenters. The number of aromatic nitrogens is 1. The molecule has 1 aromatic heterocycles. The summed E-state index contributed by atoms with van der Waals surface area (Å²) in [6, 6.07) is 12.7. The van der Waals surface area contributed by atoms with E-state index in [1.54, 1.807) is 29.2 Å². The van der Waals surface area contributed by atoms with Gasteiger partial charge in [0.25, 0.3) is 5.56 Å². The van der Waals surface area contributed by atoms with Crippen molar-refractivity contribution in [2.24, 2.45) is 0 Å². The van der Waals surface area contributed by atoms with Crippen LogP contribution in [0, 0.1) is 13.8 Å². The molecule has 2 amide bonds. The van der Waals surface area contributed by atoms with E-state index in [0.29, 0.717) is 22.8 Å². The highest BCUT2D eigenvalue weighted by atomic mass is 35.5. The lowest BCUT2D eigenvalue weighted by molar-refractivity contribution is 0.205. The first-order valence-electron chi connectivity index (χ1n) is 10.3. The standard InChI is InChI=1S/C24H29ClN4O2/c1-16-9-10-18-13-19(23(30)27-22(18)17(16)2)15-29(12-6-11-28(3)4)24(31)26-21-8-5-7-20(25)14-21/h5,7-10,13-14H,6,11-12,15H2,1-4H3,(H,26,31)(H,27,30). The second-order valence-corrected chi connectivity index (χ2v) is 8.55. The van der Waals surface area contributed by atoms with Crippen molar-refractivity contribution in [1.82, 2.24) is 14.8 Å². The highest BCUT2D eigenvalue weighted by molar-refractivity contribution is 6.30. The van der Waals surface area contributed by atoms with Crippen LogP contribution in [0.2, 0.25) is 5.02 Å². The Hall–Kier alpha value is -2.83. The van der Waals surface area contributed by atoms with Gasteiger partial charge in [-0.15, -0.1) is 0 Å². The van der Waals surface area contributed by atoms with Crippen molar-refractivity contribution in [2.75, 3.05) is 32.5 Å². The van der Waals surface area contributed by atoms with E-state index in [4.69, 9.17) is 11.6 Å². The van der Waals surface area contributed by atoms with Crippen LogP contribution in [0.5, 0.6) is 0 Å². The number of hydrogen-bond donors (Lipinski definition) is 2. The number of nitrogens with zero attached hydrogens (tertiary/aromatic N) is 2. The van der Waals surface area contributed by atoms with Crippen LogP contribution in [0.4, 0.5) is 10.5 Å². The number of carbonyl (C=O) groups excluding carboxylic acids is 1. The summed E-state index contributed by atoms with van der Waals surface area (Å²) in [5.74, 6) is 0. The Balaban J connectivity index is 1.86. The van der Waals surface area contributed by atoms with Gasteiger partial charge in [-0.3, -0.25) is 4.79 Å². The van der Waals surface area contributed by atoms with E-state index in [2.05, 4.69) is 15.2 Å². The molecule has 31 heavy (non-hydrogen) atoms. The molecule has 0 aliphatic carbocycles. The number of pyridine rings is 1. The van der Waals surface area contributed by atoms with Gasteiger partial charge in [-0.1, -0.05) is 29.8 Å². The van der Waals surface area contributed by atoms with E-state index in [9.17, 15) is 9.59 Å². The fourth-order valence-electron chi connectivity index (χ4n) is 3.49. The number of aryl methyl sites for hydroxylation is 2. The molecule has 1 heterocycles. The molecule has 164 valence electrons. The number of hydrogen-bond acceptors (Lipinski definition) is 3. The van der Waals surface area contributed by atoms with E-state index in [-0.39, 0.29) is 18.1 Å². The van der Waals surface area contributed by atoms with Crippen molar-refractivity contribution < 1.29 is 4.79 Å². The molecule has 0 saturated carbocycles. The first-order valence-corrected chi connectivity index (χ1v) is 10.7. The second-order valence-electron chi connectivity index (χ2n) is 8.11. The topological polar surface area (TPSA) is 68.4 Å². The minimum absolute atomic E-state index is 0.172. The van der Waals surface area contributed by atoms with Crippen molar-refractivity contribution in [3.63, 3.8) is 0 Å². The summed E-state index contributed by atoms with van der Waals surface area (Å²) in [6.45, 7) is 5.60. The Morgan fingerprint density at radius 1 is 1.10 bits per heavy atom. The van der Waals surface area contributed by atoms with Gasteiger partial charge in [-0.25, -0.2) is 4.79 Å². The summed E-state index contributed by atoms with van der Waals surface area (Å²) in [6.07, 6.45) is 0.791. The van der Waals surface area contributed by atoms with E-state index < -0.39 is 0 Å². The molecule has 0 radical (unpaired) electrons. The SMILES string of the molecule is Cc1ccc2cc(CN(CCCN(C)C)C(=O)Nc3cccc(Cl)c3)c(=O)[nH]c2c1C. The molecule has 3 aromatic rings. The van der Waals surface area contributed by atoms with Crippen molar-refractivity contribution in [3.05, 3.63) is 74.5 Å². The smallest absolute Gasteiger partial charge is 0.321 e. The van der Waals surface area contributed by atoms with Crippen LogP contribution in [0.15, 0.2) is 47.3 Å². The van der Waals surface area contributed by atoms with E-state index in [0.717, 1.165) is 35.0 Å². The molecule has 0 fully saturated rings. The van der Waals surface area contributed by atoms with Gasteiger partial charge in [-0.2, -0.15) is 0 Å². The van der Waals surface area contributed by atoms with Crippen LogP contribution in [0.25, 0.3) is 10.9 Å². The highest BCUT2D eigenvalue weighted by Crippen LogP contribution is 2.20. The van der Waals surface area contributed by atoms with Gasteiger partial charge in [0.1, 0.15) is 0 Å². The first kappa shape index (κ1) is 22.8. The van der Waals surface area contributed by atoms with Crippen molar-refractivity contribution in [2.45, 2.75) is 26.8 Å². The minimum Gasteiger partial charge on any atom is -0.321 e. The average molecular weight is 441 g/mol. The zero-order chi connectivity index (χ0) is 22.5. The maximum Gasteiger partial charge on any atom is 0.322 e. The number of carbonyl (C=O) groups is 1. The predicted molar refractivity (Wildman–Crippen MR) is 128 cm³/mol. The number of rotatable bonds is 7. The third kappa shape index (κ3) is 5.87. The highest BCUT2D eigenvalue weighted by Gasteiger charge is 2.17. The molecule has 7 heteroatoms. The molecule has 2 N–H and O–H groups in total. The summed E-state index contributed by atoms with van der Waals surface area (Å²) in [5, 5.41) is 4.40. The van der Waals surface area contributed by atoms with Crippen LogP contribution < -0.4 is 10.9 Å². The molecule has 0 saturated heterocycles. The molecule has 0 unspecified atom stereocenters. The summed E-state index contributed by atoms with van der Waals surface area (Å²) >= 11 is 6.04. The molecule has 0 aliphatic heterocycles. The summed E-state index contributed by atoms with van der Waals surface area (Å²) in [7, 11) is 3.99. The molecule has 0 aliphatic rings. The van der Waals surface area contributed by atoms with Crippen LogP contribution in [0.3, 0.4) is 0 Å². The van der Waals surface area contributed by atoms with Crippen molar-refractivity contribution in [3.8, 4) is 0 Å². The summed E-state index contributed by atoms with van der Waals surface area (Å²) in [5.41, 5.74) is 4.03. The predicted octanol–water partition coefficient (Wildman–Crippen LogP) is 4.78. The number of anilines is 1. The van der Waals surface area contributed by atoms with E-state index >= 15 is 0 Å². The number of urea groups is 1. The van der Waals surface area contributed by atoms with Crippen molar-refractivity contribution in [1.29, 1.82) is 0 Å². The van der Waals surface area contributed by atoms with Crippen LogP contribution in [-0.4, -0.2) is 48.0 Å². The third-order valence-electron chi connectivity index (χ3n) is 5.39. The number of amides is 2. The lowest BCUT2D eigenvalue weighted by atomic mass is 10.0. The van der Waals surface area contributed by atoms with Crippen LogP contribution in [-0.2, 0) is 6.54 Å². The number of nitrogens with one attached hydrogen (secondary N) is 2. The molecule has 6 nitrogen and oxygen atoms in total. The monoisotopic (exact) mass is 440 g/mol. The molecule has 3 rings (SSSR count). The molecular formula is C24H29ClN4O2. The van der Waals surface area contributed by atoms with E-state index in [1.165, 1.54) is 0 Å². The Morgan fingerprint density at radius 2 is 1.87 bits per heavy atom. The Morgan fingerprint density at radius 3 is 2.58 bits per heavy atom. The van der Waals surface area contributed by atoms with Gasteiger partial charge in [0.2, 0.25) is 0 Å². The number of aromatic amines is 1. The second kappa shape index (κ2) is 9.98. The quantitative estimate of drug-likeness (QED) is 0.555. The normalized spacial score (nSPS) is 11.2. The van der Waals surface area contributed by atoms with Crippen molar-refractivity contribution >= 4 is 34.2 Å². The van der Waals surface area contributed by atoms with Gasteiger partial charge in [0.15, 0.2) is 0 Å². The van der Waals surface area contributed by atoms with Gasteiger partial charge < -0.3 is 20.1 Å². The molecule has 0 spiro atoms. The molecular weight excluding hydrogens is 412 g/mol. The van der Waals surface area contributed by atoms with Gasteiger partial charge >= 0.3 is 6.03 Å². The Labute approximate surface area is 187 Å². The summed E-state index contributed by atoms with van der Waals surface area (Å²) < 4.78 is 0. The lowest BCUT2D eigenvalue weighted by Gasteiger charge is -2.24. The molecule has 0 bridgehead atoms. The maximum absolute atomic E-state index is 13.0. The maximum atomic E-state index is 13.0. The summed E-state index contributed by atoms with van der Waals surface area (Å²) in [4.78, 5) is 32.6. The fourth-order valence-corrected chi connectivity index (χ4v) is 3.68. The largest absolute Gasteiger partial charge is 0.322 e. The zero-order valence-corrected chi connectivity index (χ0v) is 19.2. The van der Waals surface area contributed by atoms with E-state index in [1.807, 2.05) is 46.1 Å². The average Bonchev–Trinajstić information content (AvgIpc) is 2.71. The lowest BCUT2D eigenvalue weighted by Crippen LogP contribution is -2.37. The van der Waals surface area contributed by atoms with Gasteiger partial charge in [0, 0.05) is 22.8 Å². The zero-order valence-electron chi connectivity index (χ0n) is 18.5. The fraction of sp³-hybridized carbons (Fsp3) is 0.333.